The van der Waals surface area contributed by atoms with Crippen LogP contribution >= 0.6 is 11.8 Å². The Hall–Kier alpha value is -1.53. The maximum absolute atomic E-state index is 11.2. The van der Waals surface area contributed by atoms with E-state index < -0.39 is 11.8 Å². The summed E-state index contributed by atoms with van der Waals surface area (Å²) in [5.74, 6) is -2.03. The van der Waals surface area contributed by atoms with Crippen molar-refractivity contribution in [3.05, 3.63) is 30.2 Å². The van der Waals surface area contributed by atoms with Gasteiger partial charge in [-0.25, -0.2) is 0 Å². The van der Waals surface area contributed by atoms with Crippen molar-refractivity contribution >= 4 is 28.6 Å². The molecule has 2 unspecified atom stereocenters. The molecule has 6 heteroatoms. The predicted octanol–water partition coefficient (Wildman–Crippen LogP) is 2.01. The molecule has 2 aromatic heterocycles. The summed E-state index contributed by atoms with van der Waals surface area (Å²) in [6.45, 7) is 1.30. The molecule has 2 aromatic rings. The lowest BCUT2D eigenvalue weighted by atomic mass is 10.1. The largest absolute Gasteiger partial charge is 0.427 e. The molecule has 0 aliphatic carbocycles. The smallest absolute Gasteiger partial charge is 0.305 e. The van der Waals surface area contributed by atoms with Gasteiger partial charge in [-0.15, -0.1) is 11.8 Å². The standard InChI is InChI=1S/C13H14N2O3S/c1-8(16)18-13(17)6-12(19-2)15-10-3-4-14-7-9(10)5-11(13)15/h3-5,7,12,17H,6H2,1-2H3. The van der Waals surface area contributed by atoms with E-state index in [4.69, 9.17) is 4.74 Å². The number of esters is 1. The van der Waals surface area contributed by atoms with Gasteiger partial charge in [-0.3, -0.25) is 9.78 Å². The summed E-state index contributed by atoms with van der Waals surface area (Å²) >= 11 is 1.62. The molecule has 0 bridgehead atoms. The molecule has 3 heterocycles. The zero-order valence-electron chi connectivity index (χ0n) is 10.7. The first kappa shape index (κ1) is 12.5. The van der Waals surface area contributed by atoms with Crippen LogP contribution in [0.3, 0.4) is 0 Å². The van der Waals surface area contributed by atoms with Gasteiger partial charge in [-0.1, -0.05) is 0 Å². The highest BCUT2D eigenvalue weighted by Gasteiger charge is 2.46. The number of carbonyl (C=O) groups excluding carboxylic acids is 1. The van der Waals surface area contributed by atoms with Crippen LogP contribution in [0.25, 0.3) is 10.9 Å². The maximum Gasteiger partial charge on any atom is 0.305 e. The van der Waals surface area contributed by atoms with E-state index in [1.165, 1.54) is 6.92 Å². The first-order valence-corrected chi connectivity index (χ1v) is 7.24. The second kappa shape index (κ2) is 4.25. The Morgan fingerprint density at radius 1 is 1.68 bits per heavy atom. The van der Waals surface area contributed by atoms with Crippen LogP contribution in [-0.2, 0) is 15.3 Å². The Kier molecular flexibility index (Phi) is 2.79. The highest BCUT2D eigenvalue weighted by atomic mass is 32.2. The van der Waals surface area contributed by atoms with E-state index in [0.717, 1.165) is 10.9 Å². The van der Waals surface area contributed by atoms with Crippen molar-refractivity contribution in [2.24, 2.45) is 0 Å². The summed E-state index contributed by atoms with van der Waals surface area (Å²) < 4.78 is 7.17. The number of hydrogen-bond donors (Lipinski definition) is 1. The van der Waals surface area contributed by atoms with Gasteiger partial charge in [0.1, 0.15) is 0 Å². The minimum atomic E-state index is -1.54. The van der Waals surface area contributed by atoms with Crippen molar-refractivity contribution in [1.29, 1.82) is 0 Å². The van der Waals surface area contributed by atoms with Crippen molar-refractivity contribution in [1.82, 2.24) is 9.55 Å². The van der Waals surface area contributed by atoms with Gasteiger partial charge in [0.15, 0.2) is 0 Å². The van der Waals surface area contributed by atoms with Gasteiger partial charge in [0, 0.05) is 31.1 Å². The third kappa shape index (κ3) is 1.82. The van der Waals surface area contributed by atoms with Crippen LogP contribution < -0.4 is 0 Å². The number of nitrogens with zero attached hydrogens (tertiary/aromatic N) is 2. The van der Waals surface area contributed by atoms with Crippen LogP contribution in [0.4, 0.5) is 0 Å². The number of fused-ring (bicyclic) bond motifs is 3. The summed E-state index contributed by atoms with van der Waals surface area (Å²) in [5, 5.41) is 11.6. The summed E-state index contributed by atoms with van der Waals surface area (Å²) in [5.41, 5.74) is 1.61. The van der Waals surface area contributed by atoms with E-state index in [2.05, 4.69) is 4.98 Å². The van der Waals surface area contributed by atoms with E-state index in [0.29, 0.717) is 12.1 Å². The highest BCUT2D eigenvalue weighted by molar-refractivity contribution is 7.98. The zero-order valence-corrected chi connectivity index (χ0v) is 11.5. The topological polar surface area (TPSA) is 64.3 Å². The lowest BCUT2D eigenvalue weighted by Crippen LogP contribution is -2.28. The molecule has 100 valence electrons. The van der Waals surface area contributed by atoms with Crippen LogP contribution in [0.5, 0.6) is 0 Å². The number of pyridine rings is 1. The van der Waals surface area contributed by atoms with Crippen LogP contribution in [-0.4, -0.2) is 26.9 Å². The summed E-state index contributed by atoms with van der Waals surface area (Å²) in [4.78, 5) is 15.3. The molecule has 2 atom stereocenters. The second-order valence-electron chi connectivity index (χ2n) is 4.61. The molecule has 1 aliphatic heterocycles. The number of rotatable bonds is 2. The van der Waals surface area contributed by atoms with Crippen molar-refractivity contribution in [3.8, 4) is 0 Å². The van der Waals surface area contributed by atoms with Crippen LogP contribution in [0.15, 0.2) is 24.5 Å². The normalized spacial score (nSPS) is 25.5. The monoisotopic (exact) mass is 278 g/mol. The number of hydrogen-bond acceptors (Lipinski definition) is 5. The zero-order chi connectivity index (χ0) is 13.6. The molecular weight excluding hydrogens is 264 g/mol. The third-order valence-corrected chi connectivity index (χ3v) is 4.28. The fourth-order valence-corrected chi connectivity index (χ4v) is 3.47. The lowest BCUT2D eigenvalue weighted by Gasteiger charge is -2.21. The van der Waals surface area contributed by atoms with Crippen LogP contribution in [0.1, 0.15) is 24.4 Å². The molecular formula is C13H14N2O3S. The third-order valence-electron chi connectivity index (χ3n) is 3.36. The average Bonchev–Trinajstić information content (AvgIpc) is 2.86. The molecule has 0 spiro atoms. The fraction of sp³-hybridized carbons (Fsp3) is 0.385. The lowest BCUT2D eigenvalue weighted by molar-refractivity contribution is -0.212. The molecule has 0 amide bonds. The van der Waals surface area contributed by atoms with Crippen molar-refractivity contribution in [2.45, 2.75) is 24.5 Å². The maximum atomic E-state index is 11.2. The highest BCUT2D eigenvalue weighted by Crippen LogP contribution is 2.47. The van der Waals surface area contributed by atoms with Crippen LogP contribution in [0.2, 0.25) is 0 Å². The van der Waals surface area contributed by atoms with Crippen molar-refractivity contribution < 1.29 is 14.6 Å². The van der Waals surface area contributed by atoms with Gasteiger partial charge in [0.2, 0.25) is 0 Å². The molecule has 0 aromatic carbocycles. The summed E-state index contributed by atoms with van der Waals surface area (Å²) in [6, 6.07) is 3.74. The Labute approximate surface area is 114 Å². The average molecular weight is 278 g/mol. The number of ether oxygens (including phenoxy) is 1. The SMILES string of the molecule is CSC1CC(O)(OC(C)=O)c2cc3cnccc3n21. The first-order chi connectivity index (χ1) is 9.05. The molecule has 0 saturated carbocycles. The number of carbonyl (C=O) groups is 1. The van der Waals surface area contributed by atoms with E-state index in [1.807, 2.05) is 23.0 Å². The quantitative estimate of drug-likeness (QED) is 0.672. The minimum Gasteiger partial charge on any atom is -0.427 e. The molecule has 0 saturated heterocycles. The second-order valence-corrected chi connectivity index (χ2v) is 5.62. The van der Waals surface area contributed by atoms with Gasteiger partial charge >= 0.3 is 5.97 Å². The minimum absolute atomic E-state index is 0.0410. The van der Waals surface area contributed by atoms with Gasteiger partial charge in [0.05, 0.1) is 16.6 Å². The Balaban J connectivity index is 2.20. The Morgan fingerprint density at radius 2 is 2.47 bits per heavy atom. The van der Waals surface area contributed by atoms with Gasteiger partial charge < -0.3 is 14.4 Å². The Morgan fingerprint density at radius 3 is 3.16 bits per heavy atom. The molecule has 1 aliphatic rings. The number of aromatic nitrogens is 2. The molecule has 5 nitrogen and oxygen atoms in total. The summed E-state index contributed by atoms with van der Waals surface area (Å²) in [6.07, 6.45) is 5.80. The van der Waals surface area contributed by atoms with Gasteiger partial charge in [0.25, 0.3) is 5.79 Å². The number of aliphatic hydroxyl groups is 1. The van der Waals surface area contributed by atoms with Gasteiger partial charge in [-0.2, -0.15) is 0 Å². The fourth-order valence-electron chi connectivity index (χ4n) is 2.64. The molecule has 3 rings (SSSR count). The van der Waals surface area contributed by atoms with E-state index in [1.54, 1.807) is 24.2 Å². The van der Waals surface area contributed by atoms with E-state index >= 15 is 0 Å². The predicted molar refractivity (Wildman–Crippen MR) is 72.6 cm³/mol. The van der Waals surface area contributed by atoms with Crippen LogP contribution in [0, 0.1) is 0 Å². The van der Waals surface area contributed by atoms with Crippen molar-refractivity contribution in [3.63, 3.8) is 0 Å². The molecule has 0 radical (unpaired) electrons. The van der Waals surface area contributed by atoms with Gasteiger partial charge in [-0.05, 0) is 18.4 Å². The molecule has 0 fully saturated rings. The molecule has 19 heavy (non-hydrogen) atoms. The Bertz CT molecular complexity index is 654. The number of thioether (sulfide) groups is 1. The molecule has 1 N–H and O–H groups in total. The van der Waals surface area contributed by atoms with E-state index in [9.17, 15) is 9.90 Å². The summed E-state index contributed by atoms with van der Waals surface area (Å²) in [7, 11) is 0. The first-order valence-electron chi connectivity index (χ1n) is 5.95. The van der Waals surface area contributed by atoms with E-state index in [-0.39, 0.29) is 5.37 Å². The van der Waals surface area contributed by atoms with Crippen molar-refractivity contribution in [2.75, 3.05) is 6.26 Å².